The quantitative estimate of drug-likeness (QED) is 0.939. The molecule has 1 aliphatic rings. The number of ether oxygens (including phenoxy) is 1. The molecule has 0 unspecified atom stereocenters. The molecule has 118 valence electrons. The summed E-state index contributed by atoms with van der Waals surface area (Å²) >= 11 is 0. The monoisotopic (exact) mass is 310 g/mol. The van der Waals surface area contributed by atoms with Crippen LogP contribution in [0.25, 0.3) is 0 Å². The van der Waals surface area contributed by atoms with Gasteiger partial charge in [0.05, 0.1) is 0 Å². The number of amides is 2. The van der Waals surface area contributed by atoms with Crippen LogP contribution in [0.15, 0.2) is 48.5 Å². The molecule has 23 heavy (non-hydrogen) atoms. The van der Waals surface area contributed by atoms with Crippen molar-refractivity contribution in [3.8, 4) is 5.75 Å². The first kappa shape index (κ1) is 15.1. The smallest absolute Gasteiger partial charge is 0.410 e. The molecule has 2 amide bonds. The van der Waals surface area contributed by atoms with Crippen molar-refractivity contribution in [2.24, 2.45) is 0 Å². The molecule has 3 rings (SSSR count). The molecule has 1 aliphatic heterocycles. The highest BCUT2D eigenvalue weighted by Crippen LogP contribution is 2.27. The Morgan fingerprint density at radius 1 is 1.17 bits per heavy atom. The highest BCUT2D eigenvalue weighted by molar-refractivity contribution is 5.96. The highest BCUT2D eigenvalue weighted by atomic mass is 16.6. The van der Waals surface area contributed by atoms with E-state index in [4.69, 9.17) is 4.74 Å². The van der Waals surface area contributed by atoms with E-state index in [2.05, 4.69) is 5.32 Å². The Labute approximate surface area is 134 Å². The van der Waals surface area contributed by atoms with Crippen LogP contribution in [0.5, 0.6) is 5.75 Å². The number of nitrogens with zero attached hydrogens (tertiary/aromatic N) is 1. The van der Waals surface area contributed by atoms with Crippen molar-refractivity contribution in [1.29, 1.82) is 0 Å². The fourth-order valence-electron chi connectivity index (χ4n) is 2.68. The van der Waals surface area contributed by atoms with E-state index in [-0.39, 0.29) is 5.91 Å². The van der Waals surface area contributed by atoms with Crippen molar-refractivity contribution in [1.82, 2.24) is 0 Å². The third-order valence-corrected chi connectivity index (χ3v) is 3.76. The van der Waals surface area contributed by atoms with Crippen molar-refractivity contribution >= 4 is 23.4 Å². The molecule has 0 radical (unpaired) electrons. The van der Waals surface area contributed by atoms with E-state index in [1.165, 1.54) is 0 Å². The van der Waals surface area contributed by atoms with Crippen molar-refractivity contribution in [2.75, 3.05) is 16.8 Å². The molecule has 0 atom stereocenters. The van der Waals surface area contributed by atoms with Crippen LogP contribution in [0.1, 0.15) is 18.4 Å². The third kappa shape index (κ3) is 3.51. The molecular formula is C18H18N2O3. The largest absolute Gasteiger partial charge is 0.417 e. The number of aryl methyl sites for hydroxylation is 1. The predicted molar refractivity (Wildman–Crippen MR) is 88.9 cm³/mol. The van der Waals surface area contributed by atoms with Crippen molar-refractivity contribution in [3.05, 3.63) is 54.1 Å². The standard InChI is InChI=1S/C18H18N2O3/c1-13-12-14(9-10-16(13)20-11-5-8-17(20)21)19-18(22)23-15-6-3-2-4-7-15/h2-4,6-7,9-10,12H,5,8,11H2,1H3,(H,19,22). The van der Waals surface area contributed by atoms with Gasteiger partial charge in [0, 0.05) is 24.3 Å². The summed E-state index contributed by atoms with van der Waals surface area (Å²) in [7, 11) is 0. The first-order valence-corrected chi connectivity index (χ1v) is 7.58. The number of para-hydroxylation sites is 1. The highest BCUT2D eigenvalue weighted by Gasteiger charge is 2.23. The van der Waals surface area contributed by atoms with E-state index in [0.717, 1.165) is 24.2 Å². The lowest BCUT2D eigenvalue weighted by atomic mass is 10.1. The van der Waals surface area contributed by atoms with E-state index < -0.39 is 6.09 Å². The summed E-state index contributed by atoms with van der Waals surface area (Å²) in [6.07, 6.45) is 0.949. The second kappa shape index (κ2) is 6.52. The first-order valence-electron chi connectivity index (χ1n) is 7.58. The van der Waals surface area contributed by atoms with Gasteiger partial charge in [0.2, 0.25) is 5.91 Å². The molecule has 1 N–H and O–H groups in total. The van der Waals surface area contributed by atoms with Gasteiger partial charge in [0.25, 0.3) is 0 Å². The summed E-state index contributed by atoms with van der Waals surface area (Å²) in [5.74, 6) is 0.637. The zero-order valence-corrected chi connectivity index (χ0v) is 12.9. The van der Waals surface area contributed by atoms with Gasteiger partial charge in [0.15, 0.2) is 0 Å². The van der Waals surface area contributed by atoms with Crippen LogP contribution in [0.2, 0.25) is 0 Å². The molecule has 0 spiro atoms. The number of hydrogen-bond donors (Lipinski definition) is 1. The van der Waals surface area contributed by atoms with Gasteiger partial charge < -0.3 is 9.64 Å². The molecule has 1 heterocycles. The molecular weight excluding hydrogens is 292 g/mol. The number of nitrogens with one attached hydrogen (secondary N) is 1. The number of benzene rings is 2. The Morgan fingerprint density at radius 2 is 1.96 bits per heavy atom. The van der Waals surface area contributed by atoms with Crippen LogP contribution in [-0.4, -0.2) is 18.5 Å². The molecule has 1 saturated heterocycles. The average molecular weight is 310 g/mol. The van der Waals surface area contributed by atoms with Crippen LogP contribution >= 0.6 is 0 Å². The van der Waals surface area contributed by atoms with Crippen molar-refractivity contribution in [3.63, 3.8) is 0 Å². The molecule has 0 saturated carbocycles. The lowest BCUT2D eigenvalue weighted by Crippen LogP contribution is -2.24. The zero-order chi connectivity index (χ0) is 16.2. The summed E-state index contributed by atoms with van der Waals surface area (Å²) in [5.41, 5.74) is 2.48. The molecule has 5 heteroatoms. The Hall–Kier alpha value is -2.82. The minimum absolute atomic E-state index is 0.150. The SMILES string of the molecule is Cc1cc(NC(=O)Oc2ccccc2)ccc1N1CCCC1=O. The number of hydrogen-bond acceptors (Lipinski definition) is 3. The van der Waals surface area contributed by atoms with Crippen LogP contribution in [0.4, 0.5) is 16.2 Å². The van der Waals surface area contributed by atoms with E-state index >= 15 is 0 Å². The van der Waals surface area contributed by atoms with Gasteiger partial charge in [-0.05, 0) is 49.2 Å². The topological polar surface area (TPSA) is 58.6 Å². The van der Waals surface area contributed by atoms with Gasteiger partial charge in [-0.3, -0.25) is 10.1 Å². The number of anilines is 2. The van der Waals surface area contributed by atoms with Gasteiger partial charge in [-0.15, -0.1) is 0 Å². The number of carbonyl (C=O) groups is 2. The lowest BCUT2D eigenvalue weighted by Gasteiger charge is -2.19. The van der Waals surface area contributed by atoms with E-state index in [1.54, 1.807) is 35.2 Å². The summed E-state index contributed by atoms with van der Waals surface area (Å²) in [6, 6.07) is 14.4. The number of carbonyl (C=O) groups excluding carboxylic acids is 2. The van der Waals surface area contributed by atoms with Crippen LogP contribution in [0.3, 0.4) is 0 Å². The average Bonchev–Trinajstić information content (AvgIpc) is 2.94. The lowest BCUT2D eigenvalue weighted by molar-refractivity contribution is -0.117. The number of rotatable bonds is 3. The summed E-state index contributed by atoms with van der Waals surface area (Å²) in [5, 5.41) is 2.70. The maximum Gasteiger partial charge on any atom is 0.417 e. The fourth-order valence-corrected chi connectivity index (χ4v) is 2.68. The predicted octanol–water partition coefficient (Wildman–Crippen LogP) is 3.73. The summed E-state index contributed by atoms with van der Waals surface area (Å²) in [6.45, 7) is 2.68. The Balaban J connectivity index is 1.68. The van der Waals surface area contributed by atoms with Crippen molar-refractivity contribution < 1.29 is 14.3 Å². The minimum Gasteiger partial charge on any atom is -0.410 e. The molecule has 5 nitrogen and oxygen atoms in total. The van der Waals surface area contributed by atoms with E-state index in [1.807, 2.05) is 25.1 Å². The minimum atomic E-state index is -0.541. The fraction of sp³-hybridized carbons (Fsp3) is 0.222. The van der Waals surface area contributed by atoms with Gasteiger partial charge in [-0.2, -0.15) is 0 Å². The zero-order valence-electron chi connectivity index (χ0n) is 12.9. The third-order valence-electron chi connectivity index (χ3n) is 3.76. The van der Waals surface area contributed by atoms with E-state index in [9.17, 15) is 9.59 Å². The second-order valence-corrected chi connectivity index (χ2v) is 5.48. The van der Waals surface area contributed by atoms with Gasteiger partial charge in [-0.1, -0.05) is 18.2 Å². The van der Waals surface area contributed by atoms with Gasteiger partial charge in [0.1, 0.15) is 5.75 Å². The Bertz CT molecular complexity index is 728. The normalized spacial score (nSPS) is 14.0. The van der Waals surface area contributed by atoms with E-state index in [0.29, 0.717) is 17.9 Å². The molecule has 2 aromatic carbocycles. The van der Waals surface area contributed by atoms with Crippen LogP contribution < -0.4 is 15.0 Å². The second-order valence-electron chi connectivity index (χ2n) is 5.48. The van der Waals surface area contributed by atoms with Crippen LogP contribution in [0, 0.1) is 6.92 Å². The molecule has 1 fully saturated rings. The van der Waals surface area contributed by atoms with Gasteiger partial charge >= 0.3 is 6.09 Å². The molecule has 0 bridgehead atoms. The summed E-state index contributed by atoms with van der Waals surface area (Å²) < 4.78 is 5.19. The van der Waals surface area contributed by atoms with Crippen molar-refractivity contribution in [2.45, 2.75) is 19.8 Å². The maximum atomic E-state index is 11.9. The Morgan fingerprint density at radius 3 is 2.61 bits per heavy atom. The Kier molecular flexibility index (Phi) is 4.28. The summed E-state index contributed by atoms with van der Waals surface area (Å²) in [4.78, 5) is 25.5. The molecule has 0 aromatic heterocycles. The maximum absolute atomic E-state index is 11.9. The first-order chi connectivity index (χ1) is 11.1. The van der Waals surface area contributed by atoms with Gasteiger partial charge in [-0.25, -0.2) is 4.79 Å². The molecule has 2 aromatic rings. The molecule has 0 aliphatic carbocycles. The van der Waals surface area contributed by atoms with Crippen LogP contribution in [-0.2, 0) is 4.79 Å².